The van der Waals surface area contributed by atoms with E-state index in [9.17, 15) is 0 Å². The highest BCUT2D eigenvalue weighted by Gasteiger charge is 2.23. The lowest BCUT2D eigenvalue weighted by molar-refractivity contribution is 1.18. The van der Waals surface area contributed by atoms with Crippen LogP contribution in [-0.2, 0) is 0 Å². The van der Waals surface area contributed by atoms with E-state index in [1.54, 1.807) is 0 Å². The molecule has 0 saturated carbocycles. The van der Waals surface area contributed by atoms with E-state index < -0.39 is 0 Å². The van der Waals surface area contributed by atoms with E-state index in [2.05, 4.69) is 300 Å². The van der Waals surface area contributed by atoms with Crippen LogP contribution >= 0.6 is 0 Å². The molecule has 2 aromatic heterocycles. The van der Waals surface area contributed by atoms with Crippen LogP contribution in [0.15, 0.2) is 267 Å². The first-order valence-corrected chi connectivity index (χ1v) is 24.8. The molecule has 13 rings (SSSR count). The van der Waals surface area contributed by atoms with Crippen LogP contribution in [0.2, 0.25) is 0 Å². The second-order valence-corrected chi connectivity index (χ2v) is 18.6. The molecule has 0 amide bonds. The first kappa shape index (κ1) is 42.7. The van der Waals surface area contributed by atoms with E-state index in [1.807, 2.05) is 0 Å². The van der Waals surface area contributed by atoms with Gasteiger partial charge in [-0.05, 0) is 145 Å². The predicted molar refractivity (Wildman–Crippen MR) is 305 cm³/mol. The first-order valence-electron chi connectivity index (χ1n) is 24.8. The summed E-state index contributed by atoms with van der Waals surface area (Å²) >= 11 is 0. The van der Waals surface area contributed by atoms with Gasteiger partial charge in [-0.25, -0.2) is 0 Å². The van der Waals surface area contributed by atoms with E-state index in [-0.39, 0.29) is 0 Å². The molecule has 0 N–H and O–H groups in total. The van der Waals surface area contributed by atoms with Crippen molar-refractivity contribution >= 4 is 77.7 Å². The van der Waals surface area contributed by atoms with Gasteiger partial charge in [0.15, 0.2) is 0 Å². The quantitative estimate of drug-likeness (QED) is 0.136. The first-order chi connectivity index (χ1) is 35.6. The van der Waals surface area contributed by atoms with Gasteiger partial charge < -0.3 is 18.9 Å². The molecule has 0 fully saturated rings. The highest BCUT2D eigenvalue weighted by Crippen LogP contribution is 2.46. The maximum absolute atomic E-state index is 2.44. The smallest absolute Gasteiger partial charge is 0.0562 e. The van der Waals surface area contributed by atoms with Crippen LogP contribution < -0.4 is 9.80 Å². The molecule has 0 unspecified atom stereocenters. The Hall–Kier alpha value is -9.38. The van der Waals surface area contributed by atoms with Crippen molar-refractivity contribution in [1.82, 2.24) is 9.13 Å². The van der Waals surface area contributed by atoms with E-state index in [1.165, 1.54) is 54.8 Å². The van der Waals surface area contributed by atoms with Crippen molar-refractivity contribution in [2.45, 2.75) is 13.8 Å². The number of anilines is 6. The molecular formula is C68H50N4. The van der Waals surface area contributed by atoms with Crippen molar-refractivity contribution < 1.29 is 0 Å². The summed E-state index contributed by atoms with van der Waals surface area (Å²) in [5.74, 6) is 0. The maximum atomic E-state index is 2.44. The minimum absolute atomic E-state index is 1.07. The number of para-hydroxylation sites is 6. The van der Waals surface area contributed by atoms with E-state index in [0.29, 0.717) is 0 Å². The summed E-state index contributed by atoms with van der Waals surface area (Å²) in [6.45, 7) is 4.49. The third kappa shape index (κ3) is 7.23. The number of aryl methyl sites for hydroxylation is 2. The third-order valence-corrected chi connectivity index (χ3v) is 14.4. The fourth-order valence-corrected chi connectivity index (χ4v) is 11.1. The summed E-state index contributed by atoms with van der Waals surface area (Å²) in [7, 11) is 0. The molecule has 0 aliphatic rings. The number of rotatable bonds is 10. The number of nitrogens with zero attached hydrogens (tertiary/aromatic N) is 4. The predicted octanol–water partition coefficient (Wildman–Crippen LogP) is 18.8. The van der Waals surface area contributed by atoms with Gasteiger partial charge in [-0.15, -0.1) is 0 Å². The van der Waals surface area contributed by atoms with Gasteiger partial charge in [-0.3, -0.25) is 0 Å². The number of fused-ring (bicyclic) bond motifs is 6. The Balaban J connectivity index is 0.946. The van der Waals surface area contributed by atoms with E-state index in [0.717, 1.165) is 67.7 Å². The molecule has 4 nitrogen and oxygen atoms in total. The fourth-order valence-electron chi connectivity index (χ4n) is 11.1. The summed E-state index contributed by atoms with van der Waals surface area (Å²) in [6, 6.07) is 96.8. The molecule has 342 valence electrons. The molecular weight excluding hydrogens is 873 g/mol. The SMILES string of the molecule is Cc1ccccc1-c1ccc2c(c1C)c1ccc(N(c3ccccc3)c3ccccc3-c3ccc(N(c4ccccc4)c4ccc5c6ccccc6n(-c6ccccc6)c5c4)cc3)cc1n2-c1ccccc1. The van der Waals surface area contributed by atoms with Crippen LogP contribution in [-0.4, -0.2) is 9.13 Å². The van der Waals surface area contributed by atoms with Crippen LogP contribution in [0.1, 0.15) is 11.1 Å². The number of hydrogen-bond acceptors (Lipinski definition) is 2. The lowest BCUT2D eigenvalue weighted by atomic mass is 9.93. The second kappa shape index (κ2) is 17.9. The molecule has 0 atom stereocenters. The van der Waals surface area contributed by atoms with Gasteiger partial charge in [0, 0.05) is 66.9 Å². The molecule has 0 saturated heterocycles. The van der Waals surface area contributed by atoms with Crippen molar-refractivity contribution in [1.29, 1.82) is 0 Å². The van der Waals surface area contributed by atoms with Crippen molar-refractivity contribution in [3.8, 4) is 33.6 Å². The monoisotopic (exact) mass is 922 g/mol. The number of benzene rings is 11. The highest BCUT2D eigenvalue weighted by atomic mass is 15.2. The average Bonchev–Trinajstić information content (AvgIpc) is 3.95. The van der Waals surface area contributed by atoms with Crippen molar-refractivity contribution in [2.75, 3.05) is 9.80 Å². The van der Waals surface area contributed by atoms with Crippen LogP contribution in [0.5, 0.6) is 0 Å². The Labute approximate surface area is 420 Å². The van der Waals surface area contributed by atoms with Gasteiger partial charge in [-0.1, -0.05) is 164 Å². The summed E-state index contributed by atoms with van der Waals surface area (Å²) in [5.41, 5.74) is 20.8. The molecule has 0 spiro atoms. The second-order valence-electron chi connectivity index (χ2n) is 18.6. The van der Waals surface area contributed by atoms with E-state index >= 15 is 0 Å². The fraction of sp³-hybridized carbons (Fsp3) is 0.0294. The molecule has 13 aromatic rings. The van der Waals surface area contributed by atoms with Gasteiger partial charge >= 0.3 is 0 Å². The highest BCUT2D eigenvalue weighted by molar-refractivity contribution is 6.14. The van der Waals surface area contributed by atoms with Crippen LogP contribution in [0, 0.1) is 13.8 Å². The molecule has 0 aliphatic carbocycles. The van der Waals surface area contributed by atoms with Gasteiger partial charge in [0.1, 0.15) is 0 Å². The molecule has 0 aliphatic heterocycles. The zero-order valence-electron chi connectivity index (χ0n) is 40.2. The molecule has 72 heavy (non-hydrogen) atoms. The molecule has 0 bridgehead atoms. The lowest BCUT2D eigenvalue weighted by Gasteiger charge is -2.28. The summed E-state index contributed by atoms with van der Waals surface area (Å²) in [4.78, 5) is 4.78. The maximum Gasteiger partial charge on any atom is 0.0562 e. The van der Waals surface area contributed by atoms with Crippen molar-refractivity contribution in [2.24, 2.45) is 0 Å². The number of aromatic nitrogens is 2. The van der Waals surface area contributed by atoms with Gasteiger partial charge in [0.2, 0.25) is 0 Å². The summed E-state index contributed by atoms with van der Waals surface area (Å²) in [5, 5.41) is 4.97. The van der Waals surface area contributed by atoms with Crippen molar-refractivity contribution in [3.05, 3.63) is 278 Å². The summed E-state index contributed by atoms with van der Waals surface area (Å²) < 4.78 is 4.83. The normalized spacial score (nSPS) is 11.5. The lowest BCUT2D eigenvalue weighted by Crippen LogP contribution is -2.11. The Morgan fingerprint density at radius 2 is 0.764 bits per heavy atom. The summed E-state index contributed by atoms with van der Waals surface area (Å²) in [6.07, 6.45) is 0. The number of hydrogen-bond donors (Lipinski definition) is 0. The third-order valence-electron chi connectivity index (χ3n) is 14.4. The largest absolute Gasteiger partial charge is 0.310 e. The van der Waals surface area contributed by atoms with Crippen LogP contribution in [0.4, 0.5) is 34.1 Å². The molecule has 2 heterocycles. The molecule has 0 radical (unpaired) electrons. The standard InChI is InChI=1S/C68H50N4/c1-47-21-15-16-30-57(47)58-43-44-65-68(48(58)2)62-42-40-56(46-67(62)72(65)53-28-13-6-14-29-53)70(51-24-9-4-10-25-51)63-33-19-17-31-59(63)49-35-37-54(38-36-49)69(50-22-7-3-8-23-50)55-39-41-61-60-32-18-20-34-64(60)71(66(61)45-55)52-26-11-5-12-27-52/h3-46H,1-2H3. The average molecular weight is 923 g/mol. The Kier molecular flexibility index (Phi) is 10.6. The van der Waals surface area contributed by atoms with E-state index in [4.69, 9.17) is 0 Å². The minimum Gasteiger partial charge on any atom is -0.310 e. The topological polar surface area (TPSA) is 16.3 Å². The Bertz CT molecular complexity index is 4100. The Morgan fingerprint density at radius 3 is 1.43 bits per heavy atom. The molecule has 11 aromatic carbocycles. The van der Waals surface area contributed by atoms with Gasteiger partial charge in [0.25, 0.3) is 0 Å². The zero-order valence-corrected chi connectivity index (χ0v) is 40.2. The molecule has 4 heteroatoms. The minimum atomic E-state index is 1.07. The van der Waals surface area contributed by atoms with Crippen molar-refractivity contribution in [3.63, 3.8) is 0 Å². The van der Waals surface area contributed by atoms with Crippen LogP contribution in [0.25, 0.3) is 77.2 Å². The van der Waals surface area contributed by atoms with Crippen LogP contribution in [0.3, 0.4) is 0 Å². The van der Waals surface area contributed by atoms with Gasteiger partial charge in [-0.2, -0.15) is 0 Å². The zero-order chi connectivity index (χ0) is 48.1. The van der Waals surface area contributed by atoms with Gasteiger partial charge in [0.05, 0.1) is 27.8 Å². The Morgan fingerprint density at radius 1 is 0.292 bits per heavy atom.